The summed E-state index contributed by atoms with van der Waals surface area (Å²) >= 11 is 0. The number of halogens is 1. The summed E-state index contributed by atoms with van der Waals surface area (Å²) < 4.78 is 27.8. The number of aryl methyl sites for hydroxylation is 1. The molecule has 6 nitrogen and oxygen atoms in total. The predicted molar refractivity (Wildman–Crippen MR) is 133 cm³/mol. The van der Waals surface area contributed by atoms with Gasteiger partial charge in [-0.1, -0.05) is 11.3 Å². The monoisotopic (exact) mass is 484 g/mol. The molecule has 0 radical (unpaired) electrons. The second kappa shape index (κ2) is 8.46. The third-order valence-electron chi connectivity index (χ3n) is 8.62. The molecule has 184 valence electrons. The highest BCUT2D eigenvalue weighted by Crippen LogP contribution is 2.55. The van der Waals surface area contributed by atoms with E-state index >= 15 is 0 Å². The van der Waals surface area contributed by atoms with Gasteiger partial charge in [-0.25, -0.2) is 8.91 Å². The molecular weight excluding hydrogens is 455 g/mol. The Morgan fingerprint density at radius 2 is 1.92 bits per heavy atom. The highest BCUT2D eigenvalue weighted by molar-refractivity contribution is 5.77. The van der Waals surface area contributed by atoms with E-state index in [4.69, 9.17) is 14.5 Å². The quantitative estimate of drug-likeness (QED) is 0.395. The van der Waals surface area contributed by atoms with Gasteiger partial charge in [0.1, 0.15) is 11.5 Å². The van der Waals surface area contributed by atoms with Crippen molar-refractivity contribution in [1.82, 2.24) is 19.8 Å². The van der Waals surface area contributed by atoms with Gasteiger partial charge < -0.3 is 9.47 Å². The van der Waals surface area contributed by atoms with Crippen LogP contribution in [0.3, 0.4) is 0 Å². The van der Waals surface area contributed by atoms with Crippen LogP contribution in [0.1, 0.15) is 48.9 Å². The maximum absolute atomic E-state index is 13.5. The molecule has 1 saturated carbocycles. The molecule has 3 aromatic heterocycles. The van der Waals surface area contributed by atoms with Crippen LogP contribution in [0.5, 0.6) is 0 Å². The molecule has 1 spiro atoms. The summed E-state index contributed by atoms with van der Waals surface area (Å²) in [6, 6.07) is 15.0. The first-order chi connectivity index (χ1) is 17.6. The van der Waals surface area contributed by atoms with Crippen molar-refractivity contribution in [2.24, 2.45) is 5.92 Å². The van der Waals surface area contributed by atoms with Gasteiger partial charge in [0.05, 0.1) is 18.7 Å². The lowest BCUT2D eigenvalue weighted by Crippen LogP contribution is -2.49. The lowest BCUT2D eigenvalue weighted by atomic mass is 9.58. The first-order valence-corrected chi connectivity index (χ1v) is 13.0. The average molecular weight is 485 g/mol. The van der Waals surface area contributed by atoms with Gasteiger partial charge in [-0.15, -0.1) is 5.10 Å². The van der Waals surface area contributed by atoms with Crippen molar-refractivity contribution in [2.75, 3.05) is 13.2 Å². The zero-order valence-corrected chi connectivity index (χ0v) is 20.2. The van der Waals surface area contributed by atoms with E-state index in [2.05, 4.69) is 34.7 Å². The molecule has 1 aliphatic heterocycles. The van der Waals surface area contributed by atoms with Crippen LogP contribution in [0.25, 0.3) is 16.8 Å². The summed E-state index contributed by atoms with van der Waals surface area (Å²) in [6.45, 7) is 1.37. The van der Waals surface area contributed by atoms with Crippen molar-refractivity contribution < 1.29 is 13.9 Å². The number of benzene rings is 1. The van der Waals surface area contributed by atoms with Crippen molar-refractivity contribution in [2.45, 2.75) is 56.1 Å². The number of pyridine rings is 2. The van der Waals surface area contributed by atoms with Gasteiger partial charge in [0, 0.05) is 41.9 Å². The molecular formula is C29H29FN4O2. The number of nitrogens with zero attached hydrogens (tertiary/aromatic N) is 4. The molecule has 0 N–H and O–H groups in total. The van der Waals surface area contributed by atoms with Crippen LogP contribution in [-0.2, 0) is 27.7 Å². The van der Waals surface area contributed by atoms with Crippen molar-refractivity contribution in [3.63, 3.8) is 0 Å². The number of rotatable bonds is 3. The lowest BCUT2D eigenvalue weighted by Gasteiger charge is -2.49. The van der Waals surface area contributed by atoms with Crippen molar-refractivity contribution in [3.05, 3.63) is 83.6 Å². The van der Waals surface area contributed by atoms with Gasteiger partial charge in [0.2, 0.25) is 0 Å². The number of hydrogen-bond donors (Lipinski definition) is 0. The van der Waals surface area contributed by atoms with E-state index in [1.165, 1.54) is 23.3 Å². The number of hydrogen-bond acceptors (Lipinski definition) is 5. The van der Waals surface area contributed by atoms with E-state index < -0.39 is 5.79 Å². The SMILES string of the molecule is Fc1ccc(-c2nnn3cc4c(cc23)CCC[C@@H]2CC3(CC[C@@]42Cc2ccccn2)OCCO3)cc1. The van der Waals surface area contributed by atoms with Gasteiger partial charge in [-0.05, 0) is 91.6 Å². The minimum absolute atomic E-state index is 0.0725. The maximum atomic E-state index is 13.5. The lowest BCUT2D eigenvalue weighted by molar-refractivity contribution is -0.199. The molecule has 3 aliphatic rings. The minimum Gasteiger partial charge on any atom is -0.348 e. The summed E-state index contributed by atoms with van der Waals surface area (Å²) in [7, 11) is 0. The standard InChI is InChI=1S/C29H29FN4O2/c30-23-9-7-20(8-10-23)27-26-16-21-4-3-5-22-17-29(35-14-15-36-29)12-11-28(22,18-24-6-1-2-13-31-24)25(21)19-34(26)33-32-27/h1-2,6-10,13,16,19,22H,3-5,11-12,14-15,17-18H2/t22-,28+/m1/s1. The second-order valence-electron chi connectivity index (χ2n) is 10.5. The van der Waals surface area contributed by atoms with E-state index in [9.17, 15) is 4.39 Å². The smallest absolute Gasteiger partial charge is 0.168 e. The molecule has 7 heteroatoms. The molecule has 0 unspecified atom stereocenters. The summed E-state index contributed by atoms with van der Waals surface area (Å²) in [5.74, 6) is -0.266. The van der Waals surface area contributed by atoms with Crippen molar-refractivity contribution in [1.29, 1.82) is 0 Å². The Balaban J connectivity index is 1.37. The zero-order chi connectivity index (χ0) is 24.2. The van der Waals surface area contributed by atoms with E-state index in [1.807, 2.05) is 16.8 Å². The molecule has 4 aromatic rings. The van der Waals surface area contributed by atoms with Crippen LogP contribution in [-0.4, -0.2) is 38.8 Å². The maximum Gasteiger partial charge on any atom is 0.168 e. The Labute approximate surface area is 209 Å². The molecule has 36 heavy (non-hydrogen) atoms. The second-order valence-corrected chi connectivity index (χ2v) is 10.5. The summed E-state index contributed by atoms with van der Waals surface area (Å²) in [5.41, 5.74) is 6.37. The normalized spacial score (nSPS) is 25.0. The van der Waals surface area contributed by atoms with Gasteiger partial charge in [0.15, 0.2) is 5.79 Å². The number of aromatic nitrogens is 4. The average Bonchev–Trinajstić information content (AvgIpc) is 3.50. The Morgan fingerprint density at radius 1 is 1.06 bits per heavy atom. The number of ether oxygens (including phenoxy) is 2. The van der Waals surface area contributed by atoms with E-state index in [0.717, 1.165) is 67.4 Å². The summed E-state index contributed by atoms with van der Waals surface area (Å²) in [6.07, 6.45) is 11.0. The van der Waals surface area contributed by atoms with Crippen LogP contribution in [0.15, 0.2) is 60.9 Å². The fourth-order valence-corrected chi connectivity index (χ4v) is 6.92. The fourth-order valence-electron chi connectivity index (χ4n) is 6.92. The predicted octanol–water partition coefficient (Wildman–Crippen LogP) is 5.29. The van der Waals surface area contributed by atoms with E-state index in [-0.39, 0.29) is 11.2 Å². The zero-order valence-electron chi connectivity index (χ0n) is 20.2. The summed E-state index contributed by atoms with van der Waals surface area (Å²) in [5, 5.41) is 9.01. The van der Waals surface area contributed by atoms with Crippen molar-refractivity contribution in [3.8, 4) is 11.3 Å². The molecule has 0 amide bonds. The van der Waals surface area contributed by atoms with Gasteiger partial charge in [0.25, 0.3) is 0 Å². The molecule has 2 fully saturated rings. The van der Waals surface area contributed by atoms with Crippen LogP contribution >= 0.6 is 0 Å². The van der Waals surface area contributed by atoms with Crippen molar-refractivity contribution >= 4 is 5.52 Å². The first kappa shape index (κ1) is 22.1. The fraction of sp³-hybridized carbons (Fsp3) is 0.414. The van der Waals surface area contributed by atoms with E-state index in [0.29, 0.717) is 19.1 Å². The molecule has 2 aliphatic carbocycles. The van der Waals surface area contributed by atoms with Gasteiger partial charge in [-0.2, -0.15) is 0 Å². The van der Waals surface area contributed by atoms with Crippen LogP contribution < -0.4 is 0 Å². The molecule has 0 bridgehead atoms. The molecule has 1 aromatic carbocycles. The van der Waals surface area contributed by atoms with E-state index in [1.54, 1.807) is 12.1 Å². The Kier molecular flexibility index (Phi) is 5.18. The van der Waals surface area contributed by atoms with Gasteiger partial charge in [-0.3, -0.25) is 4.98 Å². The first-order valence-electron chi connectivity index (χ1n) is 13.0. The minimum atomic E-state index is -0.435. The molecule has 7 rings (SSSR count). The topological polar surface area (TPSA) is 61.5 Å². The Bertz CT molecular complexity index is 1400. The summed E-state index contributed by atoms with van der Waals surface area (Å²) in [4.78, 5) is 4.74. The molecule has 1 saturated heterocycles. The Morgan fingerprint density at radius 3 is 2.72 bits per heavy atom. The van der Waals surface area contributed by atoms with Crippen LogP contribution in [0.4, 0.5) is 4.39 Å². The molecule has 2 atom stereocenters. The third kappa shape index (κ3) is 3.56. The third-order valence-corrected chi connectivity index (χ3v) is 8.62. The largest absolute Gasteiger partial charge is 0.348 e. The van der Waals surface area contributed by atoms with Gasteiger partial charge >= 0.3 is 0 Å². The Hall–Kier alpha value is -3.16. The highest BCUT2D eigenvalue weighted by Gasteiger charge is 2.54. The number of fused-ring (bicyclic) bond motifs is 4. The highest BCUT2D eigenvalue weighted by atomic mass is 19.1. The van der Waals surface area contributed by atoms with Crippen LogP contribution in [0, 0.1) is 11.7 Å². The molecule has 4 heterocycles. The van der Waals surface area contributed by atoms with Crippen LogP contribution in [0.2, 0.25) is 0 Å².